The zero-order valence-corrected chi connectivity index (χ0v) is 21.5. The Hall–Kier alpha value is -4.30. The Balaban J connectivity index is 1.17. The number of carbonyl (C=O) groups is 1. The lowest BCUT2D eigenvalue weighted by molar-refractivity contribution is 0.0361. The lowest BCUT2D eigenvalue weighted by Gasteiger charge is -2.35. The summed E-state index contributed by atoms with van der Waals surface area (Å²) >= 11 is 0. The number of aromatic amines is 1. The van der Waals surface area contributed by atoms with E-state index in [1.165, 1.54) is 16.7 Å². The van der Waals surface area contributed by atoms with Crippen LogP contribution in [0.3, 0.4) is 0 Å². The molecule has 0 saturated carbocycles. The number of hydrogen-bond donors (Lipinski definition) is 1. The van der Waals surface area contributed by atoms with Crippen LogP contribution >= 0.6 is 0 Å². The Kier molecular flexibility index (Phi) is 8.13. The number of esters is 1. The minimum absolute atomic E-state index is 0.317. The van der Waals surface area contributed by atoms with Crippen molar-refractivity contribution in [2.75, 3.05) is 19.6 Å². The van der Waals surface area contributed by atoms with Crippen LogP contribution in [0, 0.1) is 5.82 Å². The first-order chi connectivity index (χ1) is 19.0. The van der Waals surface area contributed by atoms with E-state index in [0.717, 1.165) is 37.0 Å². The second-order valence-electron chi connectivity index (χ2n) is 9.84. The number of halogens is 1. The van der Waals surface area contributed by atoms with E-state index in [9.17, 15) is 18.8 Å². The van der Waals surface area contributed by atoms with Gasteiger partial charge in [-0.15, -0.1) is 0 Å². The first-order valence-corrected chi connectivity index (χ1v) is 13.1. The predicted octanol–water partition coefficient (Wildman–Crippen LogP) is 4.50. The van der Waals surface area contributed by atoms with Crippen LogP contribution in [0.1, 0.15) is 51.7 Å². The highest BCUT2D eigenvalue weighted by Crippen LogP contribution is 2.31. The van der Waals surface area contributed by atoms with Crippen LogP contribution in [0.15, 0.2) is 101 Å². The molecule has 1 fully saturated rings. The molecular weight excluding hydrogens is 497 g/mol. The normalized spacial score (nSPS) is 14.4. The molecule has 0 atom stereocenters. The SMILES string of the molecule is O=C(OCn1cc(F)c(=O)[nH]c1=O)c1ccc(C2CCN(CC(c3ccccc3)c3ccccc3)CC2)cc1. The Bertz CT molecular complexity index is 1470. The third kappa shape index (κ3) is 6.41. The van der Waals surface area contributed by atoms with E-state index in [2.05, 4.69) is 65.6 Å². The molecule has 0 bridgehead atoms. The molecule has 1 aliphatic heterocycles. The summed E-state index contributed by atoms with van der Waals surface area (Å²) in [4.78, 5) is 39.7. The highest BCUT2D eigenvalue weighted by molar-refractivity contribution is 5.89. The summed E-state index contributed by atoms with van der Waals surface area (Å²) in [5.74, 6) is -1.04. The molecule has 200 valence electrons. The Morgan fingerprint density at radius 3 is 2.08 bits per heavy atom. The number of hydrogen-bond acceptors (Lipinski definition) is 5. The summed E-state index contributed by atoms with van der Waals surface area (Å²) in [6.45, 7) is 2.45. The molecule has 5 rings (SSSR count). The van der Waals surface area contributed by atoms with Crippen LogP contribution in [-0.2, 0) is 11.5 Å². The van der Waals surface area contributed by atoms with Gasteiger partial charge in [0.25, 0.3) is 5.56 Å². The lowest BCUT2D eigenvalue weighted by Crippen LogP contribution is -2.36. The smallest absolute Gasteiger partial charge is 0.339 e. The van der Waals surface area contributed by atoms with E-state index in [0.29, 0.717) is 23.6 Å². The molecule has 1 saturated heterocycles. The highest BCUT2D eigenvalue weighted by atomic mass is 19.1. The third-order valence-electron chi connectivity index (χ3n) is 7.35. The van der Waals surface area contributed by atoms with Crippen LogP contribution in [0.25, 0.3) is 0 Å². The summed E-state index contributed by atoms with van der Waals surface area (Å²) in [5, 5.41) is 0. The maximum atomic E-state index is 13.4. The van der Waals surface area contributed by atoms with E-state index >= 15 is 0 Å². The van der Waals surface area contributed by atoms with Crippen molar-refractivity contribution < 1.29 is 13.9 Å². The molecule has 0 amide bonds. The van der Waals surface area contributed by atoms with Gasteiger partial charge in [0.15, 0.2) is 6.73 Å². The number of benzene rings is 3. The van der Waals surface area contributed by atoms with Gasteiger partial charge >= 0.3 is 11.7 Å². The summed E-state index contributed by atoms with van der Waals surface area (Å²) in [7, 11) is 0. The number of carbonyl (C=O) groups excluding carboxylic acids is 1. The van der Waals surface area contributed by atoms with Gasteiger partial charge in [-0.05, 0) is 60.7 Å². The van der Waals surface area contributed by atoms with Crippen LogP contribution in [0.4, 0.5) is 4.39 Å². The summed E-state index contributed by atoms with van der Waals surface area (Å²) in [6.07, 6.45) is 2.77. The fourth-order valence-corrected chi connectivity index (χ4v) is 5.16. The number of likely N-dealkylation sites (tertiary alicyclic amines) is 1. The quantitative estimate of drug-likeness (QED) is 0.341. The Morgan fingerprint density at radius 2 is 1.49 bits per heavy atom. The van der Waals surface area contributed by atoms with Crippen molar-refractivity contribution in [3.05, 3.63) is 140 Å². The van der Waals surface area contributed by atoms with Gasteiger partial charge in [0, 0.05) is 12.5 Å². The molecule has 39 heavy (non-hydrogen) atoms. The number of rotatable bonds is 8. The molecular formula is C31H30FN3O4. The molecule has 2 heterocycles. The number of ether oxygens (including phenoxy) is 1. The number of nitrogens with one attached hydrogen (secondary N) is 1. The van der Waals surface area contributed by atoms with Crippen LogP contribution in [0.5, 0.6) is 0 Å². The third-order valence-corrected chi connectivity index (χ3v) is 7.35. The van der Waals surface area contributed by atoms with Crippen molar-refractivity contribution in [3.63, 3.8) is 0 Å². The average molecular weight is 528 g/mol. The van der Waals surface area contributed by atoms with E-state index < -0.39 is 29.8 Å². The number of nitrogens with zero attached hydrogens (tertiary/aromatic N) is 2. The largest absolute Gasteiger partial charge is 0.440 e. The molecule has 1 N–H and O–H groups in total. The van der Waals surface area contributed by atoms with E-state index in [1.54, 1.807) is 12.1 Å². The average Bonchev–Trinajstić information content (AvgIpc) is 2.98. The van der Waals surface area contributed by atoms with Crippen molar-refractivity contribution in [1.82, 2.24) is 14.5 Å². The second kappa shape index (κ2) is 12.0. The van der Waals surface area contributed by atoms with E-state index in [1.807, 2.05) is 17.1 Å². The molecule has 1 aromatic heterocycles. The topological polar surface area (TPSA) is 84.4 Å². The van der Waals surface area contributed by atoms with Crippen LogP contribution < -0.4 is 11.2 Å². The number of piperidine rings is 1. The van der Waals surface area contributed by atoms with Crippen molar-refractivity contribution in [2.45, 2.75) is 31.4 Å². The number of aromatic nitrogens is 2. The van der Waals surface area contributed by atoms with Gasteiger partial charge in [-0.3, -0.25) is 14.3 Å². The molecule has 8 heteroatoms. The second-order valence-corrected chi connectivity index (χ2v) is 9.84. The van der Waals surface area contributed by atoms with Gasteiger partial charge in [0.2, 0.25) is 5.82 Å². The van der Waals surface area contributed by atoms with E-state index in [4.69, 9.17) is 4.74 Å². The molecule has 3 aromatic carbocycles. The van der Waals surface area contributed by atoms with Gasteiger partial charge < -0.3 is 9.64 Å². The molecule has 0 unspecified atom stereocenters. The standard InChI is InChI=1S/C31H30FN3O4/c32-28-20-35(31(38)33-29(28)36)21-39-30(37)26-13-11-22(12-14-26)23-15-17-34(18-16-23)19-27(24-7-3-1-4-8-24)25-9-5-2-6-10-25/h1-14,20,23,27H,15-19,21H2,(H,33,36,38). The van der Waals surface area contributed by atoms with Gasteiger partial charge in [-0.2, -0.15) is 4.39 Å². The van der Waals surface area contributed by atoms with Gasteiger partial charge in [0.05, 0.1) is 11.8 Å². The van der Waals surface area contributed by atoms with Crippen molar-refractivity contribution in [2.24, 2.45) is 0 Å². The van der Waals surface area contributed by atoms with Gasteiger partial charge in [-0.1, -0.05) is 72.8 Å². The highest BCUT2D eigenvalue weighted by Gasteiger charge is 2.24. The molecule has 0 aliphatic carbocycles. The predicted molar refractivity (Wildman–Crippen MR) is 146 cm³/mol. The molecule has 0 spiro atoms. The first kappa shape index (κ1) is 26.3. The maximum absolute atomic E-state index is 13.4. The van der Waals surface area contributed by atoms with Crippen molar-refractivity contribution in [1.29, 1.82) is 0 Å². The van der Waals surface area contributed by atoms with Crippen molar-refractivity contribution >= 4 is 5.97 Å². The zero-order chi connectivity index (χ0) is 27.2. The van der Waals surface area contributed by atoms with Crippen molar-refractivity contribution in [3.8, 4) is 0 Å². The lowest BCUT2D eigenvalue weighted by atomic mass is 9.87. The van der Waals surface area contributed by atoms with Crippen LogP contribution in [0.2, 0.25) is 0 Å². The zero-order valence-electron chi connectivity index (χ0n) is 21.5. The Labute approximate surface area is 225 Å². The molecule has 0 radical (unpaired) electrons. The van der Waals surface area contributed by atoms with Crippen LogP contribution in [-0.4, -0.2) is 40.1 Å². The molecule has 4 aromatic rings. The Morgan fingerprint density at radius 1 is 0.897 bits per heavy atom. The molecule has 1 aliphatic rings. The maximum Gasteiger partial charge on any atom is 0.339 e. The summed E-state index contributed by atoms with van der Waals surface area (Å²) < 4.78 is 19.3. The minimum atomic E-state index is -1.13. The van der Waals surface area contributed by atoms with Gasteiger partial charge in [-0.25, -0.2) is 9.59 Å². The minimum Gasteiger partial charge on any atom is -0.440 e. The molecule has 7 nitrogen and oxygen atoms in total. The van der Waals surface area contributed by atoms with Gasteiger partial charge in [0.1, 0.15) is 0 Å². The fourth-order valence-electron chi connectivity index (χ4n) is 5.16. The summed E-state index contributed by atoms with van der Waals surface area (Å²) in [5.41, 5.74) is 2.19. The monoisotopic (exact) mass is 527 g/mol. The number of H-pyrrole nitrogens is 1. The van der Waals surface area contributed by atoms with E-state index in [-0.39, 0.29) is 0 Å². The fraction of sp³-hybridized carbons (Fsp3) is 0.258. The summed E-state index contributed by atoms with van der Waals surface area (Å²) in [6, 6.07) is 28.6. The first-order valence-electron chi connectivity index (χ1n) is 13.1.